The molecule has 0 fully saturated rings. The van der Waals surface area contributed by atoms with Gasteiger partial charge in [-0.1, -0.05) is 0 Å². The molecular formula is C15H24N4O2. The van der Waals surface area contributed by atoms with E-state index in [2.05, 4.69) is 5.32 Å². The van der Waals surface area contributed by atoms with E-state index in [-0.39, 0.29) is 18.5 Å². The number of amides is 2. The standard InChI is InChI=1S/C15H24N4O2/c1-10(2)19(9-14(17)20)7-6-15(21)18-13-5-4-12(16)8-11(13)3/h4-5,8,10H,6-7,9,16H2,1-3H3,(H2,17,20)(H,18,21). The summed E-state index contributed by atoms with van der Waals surface area (Å²) in [5.41, 5.74) is 13.2. The normalized spacial score (nSPS) is 10.9. The van der Waals surface area contributed by atoms with Crippen LogP contribution >= 0.6 is 0 Å². The van der Waals surface area contributed by atoms with Gasteiger partial charge in [-0.3, -0.25) is 14.5 Å². The second kappa shape index (κ2) is 7.64. The molecule has 0 aliphatic heterocycles. The van der Waals surface area contributed by atoms with Crippen LogP contribution < -0.4 is 16.8 Å². The number of benzene rings is 1. The Morgan fingerprint density at radius 3 is 2.52 bits per heavy atom. The molecule has 0 aromatic heterocycles. The summed E-state index contributed by atoms with van der Waals surface area (Å²) in [6.45, 7) is 6.46. The first-order valence-electron chi connectivity index (χ1n) is 6.98. The fraction of sp³-hybridized carbons (Fsp3) is 0.467. The summed E-state index contributed by atoms with van der Waals surface area (Å²) in [7, 11) is 0. The third-order valence-electron chi connectivity index (χ3n) is 3.24. The van der Waals surface area contributed by atoms with Crippen molar-refractivity contribution in [1.29, 1.82) is 0 Å². The minimum atomic E-state index is -0.390. The topological polar surface area (TPSA) is 101 Å². The maximum atomic E-state index is 12.0. The number of hydrogen-bond acceptors (Lipinski definition) is 4. The molecule has 6 nitrogen and oxygen atoms in total. The van der Waals surface area contributed by atoms with E-state index in [1.165, 1.54) is 0 Å². The Bertz CT molecular complexity index is 514. The van der Waals surface area contributed by atoms with Crippen LogP contribution in [0.5, 0.6) is 0 Å². The predicted molar refractivity (Wildman–Crippen MR) is 84.7 cm³/mol. The molecule has 0 spiro atoms. The number of carbonyl (C=O) groups excluding carboxylic acids is 2. The van der Waals surface area contributed by atoms with Crippen molar-refractivity contribution in [2.45, 2.75) is 33.2 Å². The first kappa shape index (κ1) is 17.0. The molecule has 21 heavy (non-hydrogen) atoms. The third-order valence-corrected chi connectivity index (χ3v) is 3.24. The maximum Gasteiger partial charge on any atom is 0.231 e. The van der Waals surface area contributed by atoms with Crippen LogP contribution in [0.2, 0.25) is 0 Å². The van der Waals surface area contributed by atoms with Gasteiger partial charge in [0, 0.05) is 30.4 Å². The van der Waals surface area contributed by atoms with E-state index in [9.17, 15) is 9.59 Å². The minimum Gasteiger partial charge on any atom is -0.399 e. The van der Waals surface area contributed by atoms with Gasteiger partial charge in [-0.25, -0.2) is 0 Å². The monoisotopic (exact) mass is 292 g/mol. The van der Waals surface area contributed by atoms with Crippen LogP contribution in [0.25, 0.3) is 0 Å². The highest BCUT2D eigenvalue weighted by molar-refractivity contribution is 5.91. The van der Waals surface area contributed by atoms with Gasteiger partial charge in [-0.2, -0.15) is 0 Å². The second-order valence-corrected chi connectivity index (χ2v) is 5.40. The molecule has 2 amide bonds. The molecule has 5 N–H and O–H groups in total. The molecule has 1 rings (SSSR count). The molecule has 0 aliphatic rings. The Kier molecular flexibility index (Phi) is 6.17. The highest BCUT2D eigenvalue weighted by atomic mass is 16.2. The van der Waals surface area contributed by atoms with Gasteiger partial charge in [-0.05, 0) is 44.5 Å². The number of aryl methyl sites for hydroxylation is 1. The van der Waals surface area contributed by atoms with Crippen LogP contribution in [0, 0.1) is 6.92 Å². The van der Waals surface area contributed by atoms with E-state index in [0.717, 1.165) is 11.3 Å². The highest BCUT2D eigenvalue weighted by Gasteiger charge is 2.14. The Hall–Kier alpha value is -2.08. The zero-order valence-corrected chi connectivity index (χ0v) is 12.8. The third kappa shape index (κ3) is 5.83. The predicted octanol–water partition coefficient (Wildman–Crippen LogP) is 1.10. The summed E-state index contributed by atoms with van der Waals surface area (Å²) in [6, 6.07) is 5.49. The lowest BCUT2D eigenvalue weighted by Crippen LogP contribution is -2.40. The van der Waals surface area contributed by atoms with Gasteiger partial charge in [-0.15, -0.1) is 0 Å². The molecule has 0 radical (unpaired) electrons. The zero-order chi connectivity index (χ0) is 16.0. The minimum absolute atomic E-state index is 0.0991. The number of rotatable bonds is 7. The average Bonchev–Trinajstić information content (AvgIpc) is 2.37. The second-order valence-electron chi connectivity index (χ2n) is 5.40. The lowest BCUT2D eigenvalue weighted by Gasteiger charge is -2.24. The van der Waals surface area contributed by atoms with Crippen LogP contribution in [-0.4, -0.2) is 35.8 Å². The van der Waals surface area contributed by atoms with Crippen molar-refractivity contribution in [3.63, 3.8) is 0 Å². The first-order valence-corrected chi connectivity index (χ1v) is 6.98. The van der Waals surface area contributed by atoms with Crippen LogP contribution in [0.15, 0.2) is 18.2 Å². The van der Waals surface area contributed by atoms with E-state index in [4.69, 9.17) is 11.5 Å². The largest absolute Gasteiger partial charge is 0.399 e. The van der Waals surface area contributed by atoms with Crippen LogP contribution in [0.3, 0.4) is 0 Å². The molecule has 6 heteroatoms. The number of anilines is 2. The van der Waals surface area contributed by atoms with Gasteiger partial charge in [0.1, 0.15) is 0 Å². The summed E-state index contributed by atoms with van der Waals surface area (Å²) in [5.74, 6) is -0.489. The molecule has 0 saturated heterocycles. The summed E-state index contributed by atoms with van der Waals surface area (Å²) in [5, 5.41) is 2.85. The van der Waals surface area contributed by atoms with E-state index >= 15 is 0 Å². The van der Waals surface area contributed by atoms with E-state index < -0.39 is 5.91 Å². The highest BCUT2D eigenvalue weighted by Crippen LogP contribution is 2.17. The van der Waals surface area contributed by atoms with Crippen LogP contribution in [-0.2, 0) is 9.59 Å². The van der Waals surface area contributed by atoms with E-state index in [1.54, 1.807) is 12.1 Å². The van der Waals surface area contributed by atoms with Crippen molar-refractivity contribution in [2.75, 3.05) is 24.1 Å². The molecule has 1 aromatic rings. The Morgan fingerprint density at radius 1 is 1.33 bits per heavy atom. The van der Waals surface area contributed by atoms with E-state index in [0.29, 0.717) is 18.7 Å². The molecule has 0 bridgehead atoms. The van der Waals surface area contributed by atoms with Crippen molar-refractivity contribution in [1.82, 2.24) is 4.90 Å². The SMILES string of the molecule is Cc1cc(N)ccc1NC(=O)CCN(CC(N)=O)C(C)C. The fourth-order valence-electron chi connectivity index (χ4n) is 2.00. The Balaban J connectivity index is 2.54. The Morgan fingerprint density at radius 2 is 2.00 bits per heavy atom. The first-order chi connectivity index (χ1) is 9.79. The van der Waals surface area contributed by atoms with Gasteiger partial charge < -0.3 is 16.8 Å². The molecule has 0 atom stereocenters. The number of carbonyl (C=O) groups is 2. The molecule has 0 saturated carbocycles. The quantitative estimate of drug-likeness (QED) is 0.655. The van der Waals surface area contributed by atoms with E-state index in [1.807, 2.05) is 31.7 Å². The molecular weight excluding hydrogens is 268 g/mol. The smallest absolute Gasteiger partial charge is 0.231 e. The molecule has 116 valence electrons. The number of hydrogen-bond donors (Lipinski definition) is 3. The summed E-state index contributed by atoms with van der Waals surface area (Å²) in [4.78, 5) is 24.8. The van der Waals surface area contributed by atoms with Gasteiger partial charge in [0.25, 0.3) is 0 Å². The van der Waals surface area contributed by atoms with Crippen molar-refractivity contribution in [3.8, 4) is 0 Å². The molecule has 0 unspecified atom stereocenters. The van der Waals surface area contributed by atoms with Crippen molar-refractivity contribution in [2.24, 2.45) is 5.73 Å². The number of nitrogens with zero attached hydrogens (tertiary/aromatic N) is 1. The number of nitrogens with one attached hydrogen (secondary N) is 1. The maximum absolute atomic E-state index is 12.0. The van der Waals surface area contributed by atoms with Gasteiger partial charge in [0.15, 0.2) is 0 Å². The molecule has 0 heterocycles. The van der Waals surface area contributed by atoms with Gasteiger partial charge in [0.05, 0.1) is 6.54 Å². The number of nitrogen functional groups attached to an aromatic ring is 1. The van der Waals surface area contributed by atoms with Crippen molar-refractivity contribution in [3.05, 3.63) is 23.8 Å². The molecule has 1 aromatic carbocycles. The fourth-order valence-corrected chi connectivity index (χ4v) is 2.00. The lowest BCUT2D eigenvalue weighted by atomic mass is 10.1. The molecule has 0 aliphatic carbocycles. The zero-order valence-electron chi connectivity index (χ0n) is 12.8. The summed E-state index contributed by atoms with van der Waals surface area (Å²) >= 11 is 0. The van der Waals surface area contributed by atoms with Gasteiger partial charge in [0.2, 0.25) is 11.8 Å². The van der Waals surface area contributed by atoms with Gasteiger partial charge >= 0.3 is 0 Å². The van der Waals surface area contributed by atoms with Crippen LogP contribution in [0.1, 0.15) is 25.8 Å². The van der Waals surface area contributed by atoms with Crippen molar-refractivity contribution >= 4 is 23.2 Å². The van der Waals surface area contributed by atoms with Crippen molar-refractivity contribution < 1.29 is 9.59 Å². The number of primary amides is 1. The van der Waals surface area contributed by atoms with Crippen LogP contribution in [0.4, 0.5) is 11.4 Å². The number of nitrogens with two attached hydrogens (primary N) is 2. The lowest BCUT2D eigenvalue weighted by molar-refractivity contribution is -0.121. The average molecular weight is 292 g/mol. The summed E-state index contributed by atoms with van der Waals surface area (Å²) in [6.07, 6.45) is 0.301. The summed E-state index contributed by atoms with van der Waals surface area (Å²) < 4.78 is 0. The Labute approximate surface area is 125 Å².